The number of benzene rings is 2. The van der Waals surface area contributed by atoms with Crippen molar-refractivity contribution in [2.45, 2.75) is 6.92 Å². The third kappa shape index (κ3) is 4.77. The number of rotatable bonds is 6. The summed E-state index contributed by atoms with van der Waals surface area (Å²) >= 11 is 6.82. The molecule has 0 saturated carbocycles. The van der Waals surface area contributed by atoms with Gasteiger partial charge in [0.15, 0.2) is 0 Å². The Morgan fingerprint density at radius 3 is 2.60 bits per heavy atom. The Labute approximate surface area is 183 Å². The molecule has 0 aromatic heterocycles. The minimum Gasteiger partial charge on any atom is -0.497 e. The van der Waals surface area contributed by atoms with Crippen LogP contribution in [0.3, 0.4) is 0 Å². The summed E-state index contributed by atoms with van der Waals surface area (Å²) in [6, 6.07) is 10.2. The lowest BCUT2D eigenvalue weighted by Crippen LogP contribution is -2.36. The molecule has 1 heterocycles. The number of anilines is 1. The predicted molar refractivity (Wildman–Crippen MR) is 117 cm³/mol. The summed E-state index contributed by atoms with van der Waals surface area (Å²) < 4.78 is 10.5. The van der Waals surface area contributed by atoms with Crippen molar-refractivity contribution in [3.63, 3.8) is 0 Å². The van der Waals surface area contributed by atoms with Gasteiger partial charge >= 0.3 is 0 Å². The molecule has 1 saturated heterocycles. The molecule has 2 aromatic carbocycles. The lowest BCUT2D eigenvalue weighted by Gasteiger charge is -2.13. The van der Waals surface area contributed by atoms with Crippen molar-refractivity contribution < 1.29 is 23.9 Å². The number of imide groups is 1. The van der Waals surface area contributed by atoms with Crippen LogP contribution in [0, 0.1) is 6.92 Å². The van der Waals surface area contributed by atoms with Crippen LogP contribution in [-0.4, -0.2) is 42.7 Å². The first-order valence-electron chi connectivity index (χ1n) is 8.85. The molecular formula is C21H19ClN2O5S. The number of nitrogens with zero attached hydrogens (tertiary/aromatic N) is 1. The number of halogens is 1. The summed E-state index contributed by atoms with van der Waals surface area (Å²) in [5.74, 6) is 0.0541. The molecule has 156 valence electrons. The highest BCUT2D eigenvalue weighted by molar-refractivity contribution is 8.18. The fourth-order valence-corrected chi connectivity index (χ4v) is 3.75. The predicted octanol–water partition coefficient (Wildman–Crippen LogP) is 4.34. The van der Waals surface area contributed by atoms with Gasteiger partial charge in [-0.25, -0.2) is 0 Å². The van der Waals surface area contributed by atoms with Crippen LogP contribution in [0.5, 0.6) is 11.5 Å². The van der Waals surface area contributed by atoms with Crippen LogP contribution in [0.15, 0.2) is 41.3 Å². The molecule has 0 radical (unpaired) electrons. The summed E-state index contributed by atoms with van der Waals surface area (Å²) in [6.07, 6.45) is 1.55. The molecule has 2 aromatic rings. The maximum Gasteiger partial charge on any atom is 0.294 e. The molecule has 9 heteroatoms. The Hall–Kier alpha value is -2.97. The molecule has 1 aliphatic heterocycles. The van der Waals surface area contributed by atoms with Crippen LogP contribution >= 0.6 is 23.4 Å². The van der Waals surface area contributed by atoms with E-state index in [0.29, 0.717) is 27.8 Å². The van der Waals surface area contributed by atoms with Crippen molar-refractivity contribution in [3.05, 3.63) is 57.5 Å². The fraction of sp³-hybridized carbons (Fsp3) is 0.190. The van der Waals surface area contributed by atoms with Gasteiger partial charge in [0.05, 0.1) is 19.1 Å². The first kappa shape index (κ1) is 21.7. The van der Waals surface area contributed by atoms with Gasteiger partial charge in [0, 0.05) is 16.3 Å². The number of hydrogen-bond donors (Lipinski definition) is 1. The molecule has 7 nitrogen and oxygen atoms in total. The van der Waals surface area contributed by atoms with Crippen LogP contribution in [-0.2, 0) is 9.59 Å². The van der Waals surface area contributed by atoms with Gasteiger partial charge in [0.1, 0.15) is 18.0 Å². The molecule has 0 unspecified atom stereocenters. The third-order valence-corrected chi connectivity index (χ3v) is 5.67. The van der Waals surface area contributed by atoms with E-state index in [1.807, 2.05) is 6.92 Å². The molecule has 0 spiro atoms. The van der Waals surface area contributed by atoms with Crippen molar-refractivity contribution in [1.29, 1.82) is 0 Å². The maximum absolute atomic E-state index is 12.7. The minimum atomic E-state index is -0.549. The largest absolute Gasteiger partial charge is 0.497 e. The van der Waals surface area contributed by atoms with Gasteiger partial charge < -0.3 is 14.8 Å². The van der Waals surface area contributed by atoms with E-state index in [2.05, 4.69) is 5.32 Å². The zero-order valence-corrected chi connectivity index (χ0v) is 18.1. The van der Waals surface area contributed by atoms with Crippen LogP contribution in [0.1, 0.15) is 11.1 Å². The van der Waals surface area contributed by atoms with E-state index in [0.717, 1.165) is 22.2 Å². The Morgan fingerprint density at radius 2 is 1.93 bits per heavy atom. The number of amides is 3. The van der Waals surface area contributed by atoms with Crippen molar-refractivity contribution in [1.82, 2.24) is 4.90 Å². The number of methoxy groups -OCH3 is 2. The molecule has 1 N–H and O–H groups in total. The van der Waals surface area contributed by atoms with Crippen molar-refractivity contribution in [3.8, 4) is 11.5 Å². The van der Waals surface area contributed by atoms with Crippen LogP contribution in [0.25, 0.3) is 6.08 Å². The summed E-state index contributed by atoms with van der Waals surface area (Å²) in [5.41, 5.74) is 1.94. The van der Waals surface area contributed by atoms with Gasteiger partial charge in [-0.1, -0.05) is 17.7 Å². The van der Waals surface area contributed by atoms with E-state index in [1.165, 1.54) is 14.2 Å². The Morgan fingerprint density at radius 1 is 1.17 bits per heavy atom. The fourth-order valence-electron chi connectivity index (χ4n) is 2.74. The highest BCUT2D eigenvalue weighted by Gasteiger charge is 2.36. The number of hydrogen-bond acceptors (Lipinski definition) is 6. The second-order valence-corrected chi connectivity index (χ2v) is 7.79. The van der Waals surface area contributed by atoms with E-state index >= 15 is 0 Å². The molecule has 0 bridgehead atoms. The number of thioether (sulfide) groups is 1. The Bertz CT molecular complexity index is 1050. The lowest BCUT2D eigenvalue weighted by atomic mass is 10.1. The minimum absolute atomic E-state index is 0.192. The maximum atomic E-state index is 12.7. The number of aryl methyl sites for hydroxylation is 1. The van der Waals surface area contributed by atoms with Gasteiger partial charge in [-0.05, 0) is 60.7 Å². The van der Waals surface area contributed by atoms with E-state index in [1.54, 1.807) is 42.5 Å². The molecule has 1 aliphatic rings. The molecule has 0 atom stereocenters. The smallest absolute Gasteiger partial charge is 0.294 e. The molecule has 3 amide bonds. The van der Waals surface area contributed by atoms with E-state index in [-0.39, 0.29) is 4.91 Å². The number of ether oxygens (including phenoxy) is 2. The standard InChI is InChI=1S/C21H19ClN2O5S/c1-12-4-5-14(10-16(12)22)23-19(25)11-24-20(26)18(30-21(24)27)9-13-8-15(28-2)6-7-17(13)29-3/h4-10H,11H2,1-3H3,(H,23,25)/b18-9+. The first-order valence-corrected chi connectivity index (χ1v) is 10.0. The topological polar surface area (TPSA) is 84.9 Å². The lowest BCUT2D eigenvalue weighted by molar-refractivity contribution is -0.127. The quantitative estimate of drug-likeness (QED) is 0.664. The number of carbonyl (C=O) groups is 3. The summed E-state index contributed by atoms with van der Waals surface area (Å²) in [7, 11) is 3.03. The normalized spacial score (nSPS) is 14.9. The van der Waals surface area contributed by atoms with Gasteiger partial charge in [-0.3, -0.25) is 19.3 Å². The zero-order chi connectivity index (χ0) is 21.8. The van der Waals surface area contributed by atoms with Crippen molar-refractivity contribution in [2.24, 2.45) is 0 Å². The SMILES string of the molecule is COc1ccc(OC)c(/C=C2/SC(=O)N(CC(=O)Nc3ccc(C)c(Cl)c3)C2=O)c1. The van der Waals surface area contributed by atoms with E-state index < -0.39 is 23.6 Å². The highest BCUT2D eigenvalue weighted by atomic mass is 35.5. The second kappa shape index (κ2) is 9.23. The summed E-state index contributed by atoms with van der Waals surface area (Å²) in [4.78, 5) is 38.5. The average Bonchev–Trinajstić information content (AvgIpc) is 2.98. The summed E-state index contributed by atoms with van der Waals surface area (Å²) in [6.45, 7) is 1.45. The average molecular weight is 447 g/mol. The van der Waals surface area contributed by atoms with Gasteiger partial charge in [-0.2, -0.15) is 0 Å². The highest BCUT2D eigenvalue weighted by Crippen LogP contribution is 2.35. The molecule has 30 heavy (non-hydrogen) atoms. The first-order chi connectivity index (χ1) is 14.3. The van der Waals surface area contributed by atoms with Crippen molar-refractivity contribution >= 4 is 52.2 Å². The van der Waals surface area contributed by atoms with Gasteiger partial charge in [0.25, 0.3) is 11.1 Å². The molecule has 3 rings (SSSR count). The number of carbonyl (C=O) groups excluding carboxylic acids is 3. The van der Waals surface area contributed by atoms with Gasteiger partial charge in [0.2, 0.25) is 5.91 Å². The Balaban J connectivity index is 1.75. The van der Waals surface area contributed by atoms with Gasteiger partial charge in [-0.15, -0.1) is 0 Å². The molecular weight excluding hydrogens is 428 g/mol. The third-order valence-electron chi connectivity index (χ3n) is 4.35. The van der Waals surface area contributed by atoms with Crippen molar-refractivity contribution in [2.75, 3.05) is 26.1 Å². The van der Waals surface area contributed by atoms with Crippen LogP contribution < -0.4 is 14.8 Å². The van der Waals surface area contributed by atoms with Crippen LogP contribution in [0.2, 0.25) is 5.02 Å². The van der Waals surface area contributed by atoms with E-state index in [4.69, 9.17) is 21.1 Å². The molecule has 1 fully saturated rings. The second-order valence-electron chi connectivity index (χ2n) is 6.39. The summed E-state index contributed by atoms with van der Waals surface area (Å²) in [5, 5.41) is 2.63. The Kier molecular flexibility index (Phi) is 6.69. The monoisotopic (exact) mass is 446 g/mol. The number of nitrogens with one attached hydrogen (secondary N) is 1. The zero-order valence-electron chi connectivity index (χ0n) is 16.5. The van der Waals surface area contributed by atoms with Crippen LogP contribution in [0.4, 0.5) is 10.5 Å². The van der Waals surface area contributed by atoms with E-state index in [9.17, 15) is 14.4 Å². The molecule has 0 aliphatic carbocycles.